The second-order valence-electron chi connectivity index (χ2n) is 9.16. The lowest BCUT2D eigenvalue weighted by molar-refractivity contribution is -0.143. The van der Waals surface area contributed by atoms with Crippen LogP contribution in [0.15, 0.2) is 36.4 Å². The fourth-order valence-electron chi connectivity index (χ4n) is 4.90. The highest BCUT2D eigenvalue weighted by Gasteiger charge is 2.44. The SMILES string of the molecule is Cc1cc(F)ccc1C1(C(C)C(=O)NC(C)c2cc(C(F)(F)F)cc(C(F)(F)F)c2)CCNCC1. The standard InChI is InChI=1S/C25H27F7N2O/c1-14-10-20(26)4-5-21(14)23(6-8-33-9-7-23)15(2)22(35)34-16(3)17-11-18(24(27,28)29)13-19(12-17)25(30,31)32/h4-5,10-13,15-16,33H,6-9H2,1-3H3,(H,34,35). The van der Waals surface area contributed by atoms with Gasteiger partial charge in [0.25, 0.3) is 0 Å². The largest absolute Gasteiger partial charge is 0.416 e. The van der Waals surface area contributed by atoms with Crippen LogP contribution in [-0.4, -0.2) is 19.0 Å². The number of benzene rings is 2. The molecule has 3 rings (SSSR count). The van der Waals surface area contributed by atoms with Crippen LogP contribution in [0.5, 0.6) is 0 Å². The molecule has 1 amide bonds. The molecule has 35 heavy (non-hydrogen) atoms. The zero-order valence-corrected chi connectivity index (χ0v) is 19.5. The Labute approximate surface area is 199 Å². The summed E-state index contributed by atoms with van der Waals surface area (Å²) in [5.41, 5.74) is -2.37. The maximum absolute atomic E-state index is 13.7. The van der Waals surface area contributed by atoms with Gasteiger partial charge >= 0.3 is 12.4 Å². The third-order valence-corrected chi connectivity index (χ3v) is 6.91. The summed E-state index contributed by atoms with van der Waals surface area (Å²) >= 11 is 0. The van der Waals surface area contributed by atoms with Crippen molar-refractivity contribution in [3.63, 3.8) is 0 Å². The highest BCUT2D eigenvalue weighted by Crippen LogP contribution is 2.43. The molecule has 0 spiro atoms. The van der Waals surface area contributed by atoms with Crippen LogP contribution in [0.2, 0.25) is 0 Å². The minimum Gasteiger partial charge on any atom is -0.349 e. The van der Waals surface area contributed by atoms with Crippen LogP contribution in [0.3, 0.4) is 0 Å². The van der Waals surface area contributed by atoms with Crippen LogP contribution in [-0.2, 0) is 22.6 Å². The monoisotopic (exact) mass is 504 g/mol. The van der Waals surface area contributed by atoms with Crippen molar-refractivity contribution in [3.8, 4) is 0 Å². The summed E-state index contributed by atoms with van der Waals surface area (Å²) in [6, 6.07) is 4.54. The zero-order chi connectivity index (χ0) is 26.2. The first-order valence-electron chi connectivity index (χ1n) is 11.2. The zero-order valence-electron chi connectivity index (χ0n) is 19.5. The Kier molecular flexibility index (Phi) is 7.55. The molecule has 192 valence electrons. The molecule has 1 aliphatic rings. The van der Waals surface area contributed by atoms with Gasteiger partial charge in [-0.1, -0.05) is 13.0 Å². The normalized spacial score (nSPS) is 18.1. The number of carbonyl (C=O) groups excluding carboxylic acids is 1. The molecule has 2 unspecified atom stereocenters. The van der Waals surface area contributed by atoms with Gasteiger partial charge in [-0.2, -0.15) is 26.3 Å². The van der Waals surface area contributed by atoms with E-state index in [9.17, 15) is 35.5 Å². The molecular formula is C25H27F7N2O. The number of hydrogen-bond donors (Lipinski definition) is 2. The van der Waals surface area contributed by atoms with E-state index in [4.69, 9.17) is 0 Å². The van der Waals surface area contributed by atoms with Gasteiger partial charge < -0.3 is 10.6 Å². The van der Waals surface area contributed by atoms with Gasteiger partial charge in [-0.05, 0) is 86.8 Å². The second kappa shape index (κ2) is 9.79. The lowest BCUT2D eigenvalue weighted by atomic mass is 9.64. The molecule has 2 atom stereocenters. The van der Waals surface area contributed by atoms with Gasteiger partial charge in [0.05, 0.1) is 17.2 Å². The molecule has 1 saturated heterocycles. The van der Waals surface area contributed by atoms with E-state index in [1.54, 1.807) is 19.9 Å². The van der Waals surface area contributed by atoms with Crippen LogP contribution in [0.1, 0.15) is 60.5 Å². The summed E-state index contributed by atoms with van der Waals surface area (Å²) in [7, 11) is 0. The number of aryl methyl sites for hydroxylation is 1. The average molecular weight is 504 g/mol. The number of piperidine rings is 1. The van der Waals surface area contributed by atoms with Gasteiger partial charge in [0.1, 0.15) is 5.82 Å². The van der Waals surface area contributed by atoms with E-state index in [0.29, 0.717) is 43.6 Å². The Morgan fingerprint density at radius 3 is 1.97 bits per heavy atom. The van der Waals surface area contributed by atoms with Crippen LogP contribution in [0.4, 0.5) is 30.7 Å². The van der Waals surface area contributed by atoms with Crippen molar-refractivity contribution >= 4 is 5.91 Å². The molecule has 2 N–H and O–H groups in total. The Morgan fingerprint density at radius 1 is 0.943 bits per heavy atom. The molecule has 1 aliphatic heterocycles. The second-order valence-corrected chi connectivity index (χ2v) is 9.16. The average Bonchev–Trinajstić information content (AvgIpc) is 2.77. The third kappa shape index (κ3) is 5.79. The molecule has 2 aromatic carbocycles. The molecule has 0 aromatic heterocycles. The summed E-state index contributed by atoms with van der Waals surface area (Å²) in [4.78, 5) is 13.3. The number of amides is 1. The molecule has 2 aromatic rings. The fourth-order valence-corrected chi connectivity index (χ4v) is 4.90. The summed E-state index contributed by atoms with van der Waals surface area (Å²) in [5, 5.41) is 5.83. The number of rotatable bonds is 5. The van der Waals surface area contributed by atoms with Crippen molar-refractivity contribution in [1.29, 1.82) is 0 Å². The van der Waals surface area contributed by atoms with E-state index in [0.717, 1.165) is 5.56 Å². The Morgan fingerprint density at radius 2 is 1.49 bits per heavy atom. The van der Waals surface area contributed by atoms with E-state index in [2.05, 4.69) is 10.6 Å². The maximum Gasteiger partial charge on any atom is 0.416 e. The van der Waals surface area contributed by atoms with Crippen molar-refractivity contribution in [1.82, 2.24) is 10.6 Å². The van der Waals surface area contributed by atoms with Crippen LogP contribution < -0.4 is 10.6 Å². The summed E-state index contributed by atoms with van der Waals surface area (Å²) in [6.07, 6.45) is -8.84. The first kappa shape index (κ1) is 27.0. The van der Waals surface area contributed by atoms with Crippen LogP contribution in [0, 0.1) is 18.7 Å². The summed E-state index contributed by atoms with van der Waals surface area (Å²) < 4.78 is 93.2. The minimum absolute atomic E-state index is 0.0575. The minimum atomic E-state index is -4.98. The van der Waals surface area contributed by atoms with Gasteiger partial charge in [0.15, 0.2) is 0 Å². The Bertz CT molecular complexity index is 1040. The molecule has 0 aliphatic carbocycles. The fraction of sp³-hybridized carbons (Fsp3) is 0.480. The van der Waals surface area contributed by atoms with Crippen molar-refractivity contribution in [2.45, 2.75) is 57.4 Å². The molecule has 0 bridgehead atoms. The van der Waals surface area contributed by atoms with Crippen LogP contribution >= 0.6 is 0 Å². The lowest BCUT2D eigenvalue weighted by Crippen LogP contribution is -2.50. The van der Waals surface area contributed by atoms with E-state index >= 15 is 0 Å². The summed E-state index contributed by atoms with van der Waals surface area (Å²) in [6.45, 7) is 5.98. The smallest absolute Gasteiger partial charge is 0.349 e. The Balaban J connectivity index is 1.93. The molecule has 1 heterocycles. The summed E-state index contributed by atoms with van der Waals surface area (Å²) in [5.74, 6) is -1.59. The van der Waals surface area contributed by atoms with Gasteiger partial charge in [-0.15, -0.1) is 0 Å². The highest BCUT2D eigenvalue weighted by atomic mass is 19.4. The molecule has 0 radical (unpaired) electrons. The maximum atomic E-state index is 13.7. The molecular weight excluding hydrogens is 477 g/mol. The van der Waals surface area contributed by atoms with Crippen molar-refractivity contribution in [3.05, 3.63) is 70.0 Å². The predicted octanol–water partition coefficient (Wildman–Crippen LogP) is 6.31. The van der Waals surface area contributed by atoms with Crippen molar-refractivity contribution in [2.24, 2.45) is 5.92 Å². The predicted molar refractivity (Wildman–Crippen MR) is 117 cm³/mol. The number of nitrogens with one attached hydrogen (secondary N) is 2. The lowest BCUT2D eigenvalue weighted by Gasteiger charge is -2.43. The quantitative estimate of drug-likeness (QED) is 0.469. The van der Waals surface area contributed by atoms with Crippen LogP contribution in [0.25, 0.3) is 0 Å². The van der Waals surface area contributed by atoms with Gasteiger partial charge in [0, 0.05) is 11.3 Å². The van der Waals surface area contributed by atoms with Gasteiger partial charge in [-0.3, -0.25) is 4.79 Å². The van der Waals surface area contributed by atoms with E-state index < -0.39 is 52.6 Å². The van der Waals surface area contributed by atoms with E-state index in [1.165, 1.54) is 19.1 Å². The number of alkyl halides is 6. The first-order chi connectivity index (χ1) is 16.1. The third-order valence-electron chi connectivity index (χ3n) is 6.91. The topological polar surface area (TPSA) is 41.1 Å². The highest BCUT2D eigenvalue weighted by molar-refractivity contribution is 5.81. The first-order valence-corrected chi connectivity index (χ1v) is 11.2. The Hall–Kier alpha value is -2.62. The van der Waals surface area contributed by atoms with Crippen molar-refractivity contribution in [2.75, 3.05) is 13.1 Å². The number of halogens is 7. The molecule has 3 nitrogen and oxygen atoms in total. The van der Waals surface area contributed by atoms with E-state index in [1.807, 2.05) is 0 Å². The van der Waals surface area contributed by atoms with Gasteiger partial charge in [-0.25, -0.2) is 4.39 Å². The van der Waals surface area contributed by atoms with Gasteiger partial charge in [0.2, 0.25) is 5.91 Å². The van der Waals surface area contributed by atoms with Crippen molar-refractivity contribution < 1.29 is 35.5 Å². The van der Waals surface area contributed by atoms with E-state index in [-0.39, 0.29) is 11.6 Å². The number of carbonyl (C=O) groups is 1. The number of hydrogen-bond acceptors (Lipinski definition) is 2. The molecule has 1 fully saturated rings. The molecule has 10 heteroatoms. The molecule has 0 saturated carbocycles.